The van der Waals surface area contributed by atoms with E-state index in [1.807, 2.05) is 66.4 Å². The molecule has 2 aromatic carbocycles. The Morgan fingerprint density at radius 2 is 1.57 bits per heavy atom. The number of carbonyl (C=O) groups excluding carboxylic acids is 2. The molecule has 1 fully saturated rings. The summed E-state index contributed by atoms with van der Waals surface area (Å²) in [5.41, 5.74) is 4.06. The molecule has 0 aromatic heterocycles. The van der Waals surface area contributed by atoms with E-state index >= 15 is 0 Å². The number of hydrogen-bond donors (Lipinski definition) is 0. The number of rotatable bonds is 5. The molecule has 0 saturated carbocycles. The number of ether oxygens (including phenoxy) is 1. The van der Waals surface area contributed by atoms with Crippen LogP contribution in [0.1, 0.15) is 16.7 Å². The molecule has 144 valence electrons. The number of morpholine rings is 1. The van der Waals surface area contributed by atoms with Gasteiger partial charge in [-0.3, -0.25) is 14.5 Å². The van der Waals surface area contributed by atoms with E-state index in [1.54, 1.807) is 0 Å². The van der Waals surface area contributed by atoms with Crippen LogP contribution in [-0.4, -0.2) is 54.5 Å². The summed E-state index contributed by atoms with van der Waals surface area (Å²) in [6, 6.07) is 17.7. The summed E-state index contributed by atoms with van der Waals surface area (Å²) in [5.74, 6) is -0.398. The van der Waals surface area contributed by atoms with Gasteiger partial charge < -0.3 is 9.64 Å². The van der Waals surface area contributed by atoms with Gasteiger partial charge >= 0.3 is 0 Å². The zero-order valence-electron chi connectivity index (χ0n) is 16.1. The number of nitrogens with zero attached hydrogens (tertiary/aromatic N) is 2. The van der Waals surface area contributed by atoms with Crippen LogP contribution >= 0.6 is 0 Å². The zero-order valence-corrected chi connectivity index (χ0v) is 16.1. The highest BCUT2D eigenvalue weighted by Gasteiger charge is 2.41. The number of imide groups is 1. The quantitative estimate of drug-likeness (QED) is 0.753. The van der Waals surface area contributed by atoms with Crippen molar-refractivity contribution >= 4 is 17.4 Å². The third-order valence-corrected chi connectivity index (χ3v) is 5.28. The lowest BCUT2D eigenvalue weighted by atomic mass is 10.0. The molecular weight excluding hydrogens is 352 g/mol. The average Bonchev–Trinajstić information content (AvgIpc) is 2.98. The Bertz CT molecular complexity index is 897. The highest BCUT2D eigenvalue weighted by molar-refractivity contribution is 6.35. The SMILES string of the molecule is Cc1ccc(C2=C(N3CCOCC3)C(=O)N(CCc3ccccc3)C2=O)cc1. The van der Waals surface area contributed by atoms with Crippen LogP contribution in [0.4, 0.5) is 0 Å². The van der Waals surface area contributed by atoms with Gasteiger partial charge in [-0.15, -0.1) is 0 Å². The van der Waals surface area contributed by atoms with Crippen molar-refractivity contribution in [2.45, 2.75) is 13.3 Å². The maximum Gasteiger partial charge on any atom is 0.277 e. The summed E-state index contributed by atoms with van der Waals surface area (Å²) in [4.78, 5) is 29.9. The van der Waals surface area contributed by atoms with Crippen molar-refractivity contribution in [3.05, 3.63) is 77.0 Å². The van der Waals surface area contributed by atoms with E-state index in [1.165, 1.54) is 4.90 Å². The van der Waals surface area contributed by atoms with E-state index < -0.39 is 0 Å². The van der Waals surface area contributed by atoms with E-state index in [4.69, 9.17) is 4.74 Å². The van der Waals surface area contributed by atoms with Gasteiger partial charge in [0, 0.05) is 19.6 Å². The minimum Gasteiger partial charge on any atom is -0.378 e. The maximum absolute atomic E-state index is 13.3. The van der Waals surface area contributed by atoms with Crippen LogP contribution < -0.4 is 0 Å². The lowest BCUT2D eigenvalue weighted by Gasteiger charge is -2.29. The van der Waals surface area contributed by atoms with Gasteiger partial charge in [-0.2, -0.15) is 0 Å². The Labute approximate surface area is 165 Å². The van der Waals surface area contributed by atoms with Crippen molar-refractivity contribution in [1.29, 1.82) is 0 Å². The Morgan fingerprint density at radius 3 is 2.25 bits per heavy atom. The molecule has 5 heteroatoms. The van der Waals surface area contributed by atoms with Gasteiger partial charge in [0.2, 0.25) is 0 Å². The molecule has 0 aliphatic carbocycles. The molecule has 0 N–H and O–H groups in total. The van der Waals surface area contributed by atoms with Gasteiger partial charge in [-0.1, -0.05) is 60.2 Å². The Balaban J connectivity index is 1.65. The minimum absolute atomic E-state index is 0.196. The highest BCUT2D eigenvalue weighted by atomic mass is 16.5. The predicted molar refractivity (Wildman–Crippen MR) is 107 cm³/mol. The molecule has 0 unspecified atom stereocenters. The third-order valence-electron chi connectivity index (χ3n) is 5.28. The van der Waals surface area contributed by atoms with Crippen LogP contribution in [0.25, 0.3) is 5.57 Å². The number of hydrogen-bond acceptors (Lipinski definition) is 4. The fourth-order valence-corrected chi connectivity index (χ4v) is 3.71. The van der Waals surface area contributed by atoms with E-state index in [0.717, 1.165) is 16.7 Å². The van der Waals surface area contributed by atoms with Crippen molar-refractivity contribution in [2.75, 3.05) is 32.8 Å². The second-order valence-corrected chi connectivity index (χ2v) is 7.19. The van der Waals surface area contributed by atoms with E-state index in [2.05, 4.69) is 0 Å². The molecule has 0 bridgehead atoms. The normalized spacial score (nSPS) is 17.6. The fourth-order valence-electron chi connectivity index (χ4n) is 3.71. The molecule has 5 nitrogen and oxygen atoms in total. The van der Waals surface area contributed by atoms with Gasteiger partial charge in [0.05, 0.1) is 18.8 Å². The van der Waals surface area contributed by atoms with Gasteiger partial charge in [-0.05, 0) is 24.5 Å². The van der Waals surface area contributed by atoms with Crippen molar-refractivity contribution in [2.24, 2.45) is 0 Å². The van der Waals surface area contributed by atoms with Crippen molar-refractivity contribution in [1.82, 2.24) is 9.80 Å². The highest BCUT2D eigenvalue weighted by Crippen LogP contribution is 2.32. The van der Waals surface area contributed by atoms with Crippen LogP contribution in [-0.2, 0) is 20.7 Å². The van der Waals surface area contributed by atoms with Gasteiger partial charge in [0.1, 0.15) is 5.70 Å². The third kappa shape index (κ3) is 3.58. The van der Waals surface area contributed by atoms with E-state index in [0.29, 0.717) is 50.5 Å². The lowest BCUT2D eigenvalue weighted by molar-refractivity contribution is -0.137. The average molecular weight is 376 g/mol. The first-order valence-corrected chi connectivity index (χ1v) is 9.69. The molecule has 0 atom stereocenters. The van der Waals surface area contributed by atoms with Crippen LogP contribution in [0.2, 0.25) is 0 Å². The summed E-state index contributed by atoms with van der Waals surface area (Å²) < 4.78 is 5.44. The summed E-state index contributed by atoms with van der Waals surface area (Å²) >= 11 is 0. The number of benzene rings is 2. The Morgan fingerprint density at radius 1 is 0.893 bits per heavy atom. The Kier molecular flexibility index (Phi) is 5.26. The largest absolute Gasteiger partial charge is 0.378 e. The topological polar surface area (TPSA) is 49.9 Å². The van der Waals surface area contributed by atoms with Crippen molar-refractivity contribution in [3.8, 4) is 0 Å². The van der Waals surface area contributed by atoms with Crippen LogP contribution in [0.5, 0.6) is 0 Å². The second-order valence-electron chi connectivity index (χ2n) is 7.19. The summed E-state index contributed by atoms with van der Waals surface area (Å²) in [6.07, 6.45) is 0.649. The monoisotopic (exact) mass is 376 g/mol. The first-order chi connectivity index (χ1) is 13.6. The number of aryl methyl sites for hydroxylation is 1. The molecule has 2 aliphatic rings. The Hall–Kier alpha value is -2.92. The molecule has 2 aromatic rings. The summed E-state index contributed by atoms with van der Waals surface area (Å²) in [7, 11) is 0. The second kappa shape index (κ2) is 7.98. The standard InChI is InChI=1S/C23H24N2O3/c1-17-7-9-19(10-8-17)20-21(24-13-15-28-16-14-24)23(27)25(22(20)26)12-11-18-5-3-2-4-6-18/h2-10H,11-16H2,1H3. The zero-order chi connectivity index (χ0) is 19.5. The molecule has 0 radical (unpaired) electrons. The molecule has 4 rings (SSSR count). The first kappa shape index (κ1) is 18.4. The summed E-state index contributed by atoms with van der Waals surface area (Å²) in [5, 5.41) is 0. The fraction of sp³-hybridized carbons (Fsp3) is 0.304. The van der Waals surface area contributed by atoms with Crippen molar-refractivity contribution in [3.63, 3.8) is 0 Å². The number of amides is 2. The molecule has 2 heterocycles. The van der Waals surface area contributed by atoms with Crippen LogP contribution in [0, 0.1) is 6.92 Å². The minimum atomic E-state index is -0.203. The molecular formula is C23H24N2O3. The lowest BCUT2D eigenvalue weighted by Crippen LogP contribution is -2.40. The molecule has 1 saturated heterocycles. The van der Waals surface area contributed by atoms with Crippen molar-refractivity contribution < 1.29 is 14.3 Å². The van der Waals surface area contributed by atoms with Gasteiger partial charge in [0.15, 0.2) is 0 Å². The van der Waals surface area contributed by atoms with E-state index in [-0.39, 0.29) is 11.8 Å². The summed E-state index contributed by atoms with van der Waals surface area (Å²) in [6.45, 7) is 4.76. The van der Waals surface area contributed by atoms with Gasteiger partial charge in [-0.25, -0.2) is 0 Å². The molecule has 0 spiro atoms. The smallest absolute Gasteiger partial charge is 0.277 e. The maximum atomic E-state index is 13.3. The molecule has 2 aliphatic heterocycles. The molecule has 2 amide bonds. The van der Waals surface area contributed by atoms with Crippen LogP contribution in [0.15, 0.2) is 60.3 Å². The number of carbonyl (C=O) groups is 2. The van der Waals surface area contributed by atoms with Gasteiger partial charge in [0.25, 0.3) is 11.8 Å². The predicted octanol–water partition coefficient (Wildman–Crippen LogP) is 2.65. The van der Waals surface area contributed by atoms with Crippen LogP contribution in [0.3, 0.4) is 0 Å². The van der Waals surface area contributed by atoms with E-state index in [9.17, 15) is 9.59 Å². The first-order valence-electron chi connectivity index (χ1n) is 9.69. The molecule has 28 heavy (non-hydrogen) atoms.